The van der Waals surface area contributed by atoms with E-state index in [0.29, 0.717) is 12.1 Å². The van der Waals surface area contributed by atoms with Gasteiger partial charge in [0.05, 0.1) is 6.20 Å². The Hall–Kier alpha value is -1.39. The number of rotatable bonds is 4. The summed E-state index contributed by atoms with van der Waals surface area (Å²) in [6.45, 7) is 3.20. The van der Waals surface area contributed by atoms with E-state index >= 15 is 0 Å². The van der Waals surface area contributed by atoms with E-state index in [1.165, 1.54) is 0 Å². The summed E-state index contributed by atoms with van der Waals surface area (Å²) in [5.41, 5.74) is 7.88. The van der Waals surface area contributed by atoms with Gasteiger partial charge in [0.1, 0.15) is 5.82 Å². The lowest BCUT2D eigenvalue weighted by molar-refractivity contribution is 0.585. The predicted octanol–water partition coefficient (Wildman–Crippen LogP) is 2.77. The minimum atomic E-state index is -0.183. The summed E-state index contributed by atoms with van der Waals surface area (Å²) in [5.74, 6) is -0.183. The van der Waals surface area contributed by atoms with Crippen molar-refractivity contribution < 1.29 is 4.39 Å². The lowest BCUT2D eigenvalue weighted by atomic mass is 10.1. The molecular weight excluding hydrogens is 253 g/mol. The first kappa shape index (κ1) is 14.7. The highest BCUT2D eigenvalue weighted by Crippen LogP contribution is 2.21. The maximum absolute atomic E-state index is 13.4. The van der Waals surface area contributed by atoms with Crippen molar-refractivity contribution in [2.45, 2.75) is 19.9 Å². The van der Waals surface area contributed by atoms with Crippen LogP contribution in [0.15, 0.2) is 30.6 Å². The Labute approximate surface area is 112 Å². The monoisotopic (exact) mass is 269 g/mol. The first-order valence-corrected chi connectivity index (χ1v) is 5.70. The van der Waals surface area contributed by atoms with Crippen LogP contribution in [0.1, 0.15) is 12.0 Å². The van der Waals surface area contributed by atoms with Gasteiger partial charge in [0.15, 0.2) is 0 Å². The van der Waals surface area contributed by atoms with Crippen LogP contribution in [-0.2, 0) is 6.54 Å². The van der Waals surface area contributed by atoms with E-state index < -0.39 is 0 Å². The summed E-state index contributed by atoms with van der Waals surface area (Å²) in [6, 6.07) is 5.23. The van der Waals surface area contributed by atoms with Crippen molar-refractivity contribution in [2.24, 2.45) is 5.73 Å². The molecule has 0 amide bonds. The molecule has 0 saturated carbocycles. The topological polar surface area (TPSA) is 43.8 Å². The lowest BCUT2D eigenvalue weighted by Crippen LogP contribution is -2.05. The van der Waals surface area contributed by atoms with E-state index in [2.05, 4.69) is 5.10 Å². The van der Waals surface area contributed by atoms with Gasteiger partial charge in [-0.1, -0.05) is 12.1 Å². The molecule has 5 heteroatoms. The average Bonchev–Trinajstić information content (AvgIpc) is 2.79. The maximum Gasteiger partial charge on any atom is 0.126 e. The van der Waals surface area contributed by atoms with Gasteiger partial charge < -0.3 is 5.73 Å². The molecule has 0 aliphatic rings. The van der Waals surface area contributed by atoms with Crippen molar-refractivity contribution in [2.75, 3.05) is 6.54 Å². The summed E-state index contributed by atoms with van der Waals surface area (Å²) in [7, 11) is 0. The Morgan fingerprint density at radius 2 is 2.11 bits per heavy atom. The van der Waals surface area contributed by atoms with Gasteiger partial charge in [0, 0.05) is 18.3 Å². The highest BCUT2D eigenvalue weighted by molar-refractivity contribution is 5.85. The van der Waals surface area contributed by atoms with Crippen molar-refractivity contribution >= 4 is 12.4 Å². The van der Waals surface area contributed by atoms with E-state index in [1.807, 2.05) is 16.9 Å². The summed E-state index contributed by atoms with van der Waals surface area (Å²) in [5, 5.41) is 4.22. The zero-order valence-electron chi connectivity index (χ0n) is 10.3. The minimum absolute atomic E-state index is 0. The lowest BCUT2D eigenvalue weighted by Gasteiger charge is -2.00. The largest absolute Gasteiger partial charge is 0.330 e. The Bertz CT molecular complexity index is 511. The van der Waals surface area contributed by atoms with Gasteiger partial charge in [0.2, 0.25) is 0 Å². The standard InChI is InChI=1S/C13H16FN3.ClH/c1-10-3-4-11(7-13(10)14)12-8-16-17(9-12)6-2-5-15;/h3-4,7-9H,2,5-6,15H2,1H3;1H. The van der Waals surface area contributed by atoms with Crippen LogP contribution in [0, 0.1) is 12.7 Å². The number of hydrogen-bond acceptors (Lipinski definition) is 2. The molecular formula is C13H17ClFN3. The number of hydrogen-bond donors (Lipinski definition) is 1. The Kier molecular flexibility index (Phi) is 5.31. The molecule has 0 saturated heterocycles. The van der Waals surface area contributed by atoms with E-state index in [1.54, 1.807) is 25.3 Å². The molecule has 0 bridgehead atoms. The number of aryl methyl sites for hydroxylation is 2. The number of nitrogens with zero attached hydrogens (tertiary/aromatic N) is 2. The van der Waals surface area contributed by atoms with E-state index in [4.69, 9.17) is 5.73 Å². The smallest absolute Gasteiger partial charge is 0.126 e. The van der Waals surface area contributed by atoms with Crippen molar-refractivity contribution in [3.05, 3.63) is 42.0 Å². The molecule has 1 heterocycles. The molecule has 98 valence electrons. The van der Waals surface area contributed by atoms with Crippen LogP contribution in [0.4, 0.5) is 4.39 Å². The molecule has 0 unspecified atom stereocenters. The molecule has 0 atom stereocenters. The molecule has 1 aromatic carbocycles. The van der Waals surface area contributed by atoms with Gasteiger partial charge in [-0.2, -0.15) is 5.10 Å². The third-order valence-corrected chi connectivity index (χ3v) is 2.73. The molecule has 0 aliphatic heterocycles. The van der Waals surface area contributed by atoms with E-state index in [-0.39, 0.29) is 18.2 Å². The molecule has 0 fully saturated rings. The van der Waals surface area contributed by atoms with Gasteiger partial charge in [-0.25, -0.2) is 4.39 Å². The molecule has 0 radical (unpaired) electrons. The fourth-order valence-corrected chi connectivity index (χ4v) is 1.66. The van der Waals surface area contributed by atoms with Crippen LogP contribution in [0.5, 0.6) is 0 Å². The molecule has 18 heavy (non-hydrogen) atoms. The van der Waals surface area contributed by atoms with Gasteiger partial charge in [-0.3, -0.25) is 4.68 Å². The third kappa shape index (κ3) is 3.31. The maximum atomic E-state index is 13.4. The summed E-state index contributed by atoms with van der Waals surface area (Å²) < 4.78 is 15.3. The van der Waals surface area contributed by atoms with Crippen molar-refractivity contribution in [3.8, 4) is 11.1 Å². The zero-order chi connectivity index (χ0) is 12.3. The normalized spacial score (nSPS) is 10.2. The van der Waals surface area contributed by atoms with Crippen LogP contribution in [0.3, 0.4) is 0 Å². The van der Waals surface area contributed by atoms with Gasteiger partial charge in [-0.05, 0) is 37.1 Å². The second kappa shape index (κ2) is 6.52. The summed E-state index contributed by atoms with van der Waals surface area (Å²) in [6.07, 6.45) is 4.56. The average molecular weight is 270 g/mol. The molecule has 0 aliphatic carbocycles. The van der Waals surface area contributed by atoms with Crippen molar-refractivity contribution in [1.29, 1.82) is 0 Å². The molecule has 2 rings (SSSR count). The first-order valence-electron chi connectivity index (χ1n) is 5.70. The number of benzene rings is 1. The van der Waals surface area contributed by atoms with Crippen molar-refractivity contribution in [1.82, 2.24) is 9.78 Å². The molecule has 0 spiro atoms. The quantitative estimate of drug-likeness (QED) is 0.928. The fourth-order valence-electron chi connectivity index (χ4n) is 1.66. The molecule has 1 aromatic heterocycles. The van der Waals surface area contributed by atoms with Crippen LogP contribution in [0.2, 0.25) is 0 Å². The van der Waals surface area contributed by atoms with Crippen molar-refractivity contribution in [3.63, 3.8) is 0 Å². The summed E-state index contributed by atoms with van der Waals surface area (Å²) >= 11 is 0. The molecule has 3 nitrogen and oxygen atoms in total. The second-order valence-corrected chi connectivity index (χ2v) is 4.10. The zero-order valence-corrected chi connectivity index (χ0v) is 11.1. The van der Waals surface area contributed by atoms with E-state index in [0.717, 1.165) is 24.1 Å². The molecule has 2 N–H and O–H groups in total. The van der Waals surface area contributed by atoms with Crippen LogP contribution in [-0.4, -0.2) is 16.3 Å². The van der Waals surface area contributed by atoms with Gasteiger partial charge in [-0.15, -0.1) is 12.4 Å². The second-order valence-electron chi connectivity index (χ2n) is 4.10. The molecule has 2 aromatic rings. The van der Waals surface area contributed by atoms with Crippen LogP contribution >= 0.6 is 12.4 Å². The van der Waals surface area contributed by atoms with E-state index in [9.17, 15) is 4.39 Å². The highest BCUT2D eigenvalue weighted by atomic mass is 35.5. The minimum Gasteiger partial charge on any atom is -0.330 e. The van der Waals surface area contributed by atoms with Gasteiger partial charge in [0.25, 0.3) is 0 Å². The SMILES string of the molecule is Cc1ccc(-c2cnn(CCCN)c2)cc1F.Cl. The van der Waals surface area contributed by atoms with Gasteiger partial charge >= 0.3 is 0 Å². The summed E-state index contributed by atoms with van der Waals surface area (Å²) in [4.78, 5) is 0. The third-order valence-electron chi connectivity index (χ3n) is 2.73. The Morgan fingerprint density at radius 3 is 2.78 bits per heavy atom. The number of aromatic nitrogens is 2. The van der Waals surface area contributed by atoms with Crippen LogP contribution < -0.4 is 5.73 Å². The fraction of sp³-hybridized carbons (Fsp3) is 0.308. The predicted molar refractivity (Wildman–Crippen MR) is 73.3 cm³/mol. The Balaban J connectivity index is 0.00000162. The number of halogens is 2. The highest BCUT2D eigenvalue weighted by Gasteiger charge is 2.04. The first-order chi connectivity index (χ1) is 8.20. The Morgan fingerprint density at radius 1 is 1.33 bits per heavy atom. The number of nitrogens with two attached hydrogens (primary N) is 1. The van der Waals surface area contributed by atoms with Crippen LogP contribution in [0.25, 0.3) is 11.1 Å².